The number of pyridine rings is 1. The maximum absolute atomic E-state index is 13.3. The van der Waals surface area contributed by atoms with Crippen LogP contribution >= 0.6 is 11.6 Å². The second kappa shape index (κ2) is 5.75. The number of nitrogens with zero attached hydrogens (tertiary/aromatic N) is 3. The van der Waals surface area contributed by atoms with Crippen LogP contribution in [0.15, 0.2) is 53.7 Å². The van der Waals surface area contributed by atoms with Gasteiger partial charge in [-0.1, -0.05) is 11.6 Å². The summed E-state index contributed by atoms with van der Waals surface area (Å²) in [6.45, 7) is 0. The van der Waals surface area contributed by atoms with Crippen LogP contribution in [0.25, 0.3) is 16.9 Å². The summed E-state index contributed by atoms with van der Waals surface area (Å²) in [4.78, 5) is 3.98. The lowest BCUT2D eigenvalue weighted by Crippen LogP contribution is -1.99. The van der Waals surface area contributed by atoms with Crippen molar-refractivity contribution in [2.45, 2.75) is 4.90 Å². The van der Waals surface area contributed by atoms with E-state index in [2.05, 4.69) is 10.1 Å². The molecule has 8 heteroatoms. The molecule has 3 aromatic rings. The minimum atomic E-state index is -3.25. The third-order valence-electron chi connectivity index (χ3n) is 3.20. The van der Waals surface area contributed by atoms with Crippen molar-refractivity contribution in [3.63, 3.8) is 0 Å². The Kier molecular flexibility index (Phi) is 3.91. The maximum Gasteiger partial charge on any atom is 0.175 e. The summed E-state index contributed by atoms with van der Waals surface area (Å²) in [5, 5.41) is 4.48. The van der Waals surface area contributed by atoms with Crippen molar-refractivity contribution in [1.29, 1.82) is 0 Å². The van der Waals surface area contributed by atoms with Gasteiger partial charge in [-0.3, -0.25) is 0 Å². The molecule has 0 aliphatic rings. The highest BCUT2D eigenvalue weighted by molar-refractivity contribution is 7.90. The summed E-state index contributed by atoms with van der Waals surface area (Å²) < 4.78 is 37.8. The van der Waals surface area contributed by atoms with Gasteiger partial charge in [0.2, 0.25) is 0 Å². The molecular weight excluding hydrogens is 341 g/mol. The minimum Gasteiger partial charge on any atom is -0.241 e. The van der Waals surface area contributed by atoms with Crippen molar-refractivity contribution < 1.29 is 12.8 Å². The first-order chi connectivity index (χ1) is 10.8. The van der Waals surface area contributed by atoms with Crippen LogP contribution in [0.2, 0.25) is 5.15 Å². The summed E-state index contributed by atoms with van der Waals surface area (Å²) in [5.41, 5.74) is 1.52. The molecule has 2 heterocycles. The first-order valence-corrected chi connectivity index (χ1v) is 8.79. The molecular formula is C15H11ClFN3O2S. The number of rotatable bonds is 3. The number of aromatic nitrogens is 3. The fourth-order valence-electron chi connectivity index (χ4n) is 2.06. The molecule has 0 saturated carbocycles. The quantitative estimate of drug-likeness (QED) is 0.680. The van der Waals surface area contributed by atoms with Crippen LogP contribution in [0, 0.1) is 5.82 Å². The van der Waals surface area contributed by atoms with E-state index in [1.807, 2.05) is 0 Å². The van der Waals surface area contributed by atoms with Crippen LogP contribution in [0.4, 0.5) is 4.39 Å². The van der Waals surface area contributed by atoms with E-state index in [0.29, 0.717) is 16.9 Å². The largest absolute Gasteiger partial charge is 0.241 e. The summed E-state index contributed by atoms with van der Waals surface area (Å²) >= 11 is 5.96. The minimum absolute atomic E-state index is 0.157. The molecule has 0 fully saturated rings. The van der Waals surface area contributed by atoms with Gasteiger partial charge in [0, 0.05) is 18.0 Å². The Morgan fingerprint density at radius 1 is 1.17 bits per heavy atom. The lowest BCUT2D eigenvalue weighted by molar-refractivity contribution is 0.602. The van der Waals surface area contributed by atoms with Crippen LogP contribution in [0.1, 0.15) is 0 Å². The zero-order valence-corrected chi connectivity index (χ0v) is 13.5. The normalized spacial score (nSPS) is 11.6. The molecule has 0 N–H and O–H groups in total. The molecule has 118 valence electrons. The van der Waals surface area contributed by atoms with Crippen molar-refractivity contribution in [2.24, 2.45) is 0 Å². The van der Waals surface area contributed by atoms with Gasteiger partial charge >= 0.3 is 0 Å². The maximum atomic E-state index is 13.3. The van der Waals surface area contributed by atoms with Crippen molar-refractivity contribution >= 4 is 21.4 Å². The number of sulfone groups is 1. The van der Waals surface area contributed by atoms with Gasteiger partial charge < -0.3 is 0 Å². The predicted molar refractivity (Wildman–Crippen MR) is 84.9 cm³/mol. The van der Waals surface area contributed by atoms with Gasteiger partial charge in [-0.2, -0.15) is 5.10 Å². The molecule has 2 aromatic heterocycles. The van der Waals surface area contributed by atoms with Gasteiger partial charge in [-0.15, -0.1) is 0 Å². The Labute approximate surface area is 137 Å². The Morgan fingerprint density at radius 3 is 2.52 bits per heavy atom. The highest BCUT2D eigenvalue weighted by Crippen LogP contribution is 2.26. The third kappa shape index (κ3) is 3.25. The number of hydrogen-bond donors (Lipinski definition) is 0. The van der Waals surface area contributed by atoms with E-state index in [9.17, 15) is 12.8 Å². The van der Waals surface area contributed by atoms with E-state index in [1.165, 1.54) is 18.2 Å². The molecule has 0 unspecified atom stereocenters. The fraction of sp³-hybridized carbons (Fsp3) is 0.0667. The average molecular weight is 352 g/mol. The van der Waals surface area contributed by atoms with Crippen LogP contribution in [0.3, 0.4) is 0 Å². The molecule has 0 bridgehead atoms. The fourth-order valence-corrected chi connectivity index (χ4v) is 2.89. The number of halogens is 2. The summed E-state index contributed by atoms with van der Waals surface area (Å²) in [6, 6.07) is 9.21. The predicted octanol–water partition coefficient (Wildman–Crippen LogP) is 3.13. The zero-order chi connectivity index (χ0) is 16.6. The molecule has 3 rings (SSSR count). The smallest absolute Gasteiger partial charge is 0.175 e. The second-order valence-corrected chi connectivity index (χ2v) is 7.28. The second-order valence-electron chi connectivity index (χ2n) is 4.90. The van der Waals surface area contributed by atoms with Crippen LogP contribution in [-0.2, 0) is 9.84 Å². The van der Waals surface area contributed by atoms with Crippen LogP contribution < -0.4 is 0 Å². The van der Waals surface area contributed by atoms with Gasteiger partial charge in [0.25, 0.3) is 0 Å². The molecule has 23 heavy (non-hydrogen) atoms. The highest BCUT2D eigenvalue weighted by Gasteiger charge is 2.11. The average Bonchev–Trinajstić information content (AvgIpc) is 2.99. The molecule has 0 amide bonds. The van der Waals surface area contributed by atoms with Gasteiger partial charge in [0.1, 0.15) is 11.0 Å². The topological polar surface area (TPSA) is 64.8 Å². The Morgan fingerprint density at radius 2 is 1.87 bits per heavy atom. The van der Waals surface area contributed by atoms with E-state index >= 15 is 0 Å². The lowest BCUT2D eigenvalue weighted by Gasteiger charge is -2.03. The first-order valence-electron chi connectivity index (χ1n) is 6.52. The van der Waals surface area contributed by atoms with E-state index in [4.69, 9.17) is 11.6 Å². The van der Waals surface area contributed by atoms with Crippen molar-refractivity contribution in [3.05, 3.63) is 59.8 Å². The molecule has 0 spiro atoms. The summed E-state index contributed by atoms with van der Waals surface area (Å²) in [5.74, 6) is -0.503. The molecule has 1 aromatic carbocycles. The lowest BCUT2D eigenvalue weighted by atomic mass is 10.2. The summed E-state index contributed by atoms with van der Waals surface area (Å²) in [6.07, 6.45) is 3.85. The standard InChI is InChI=1S/C15H11ClFN3O2S/c1-23(21,22)12-4-2-11(3-5-12)20-7-6-14(19-20)13-8-10(17)9-18-15(13)16/h2-9H,1H3. The molecule has 0 saturated heterocycles. The SMILES string of the molecule is CS(=O)(=O)c1ccc(-n2ccc(-c3cc(F)cnc3Cl)n2)cc1. The van der Waals surface area contributed by atoms with E-state index in [0.717, 1.165) is 12.5 Å². The highest BCUT2D eigenvalue weighted by atomic mass is 35.5. The van der Waals surface area contributed by atoms with E-state index < -0.39 is 15.7 Å². The van der Waals surface area contributed by atoms with Crippen LogP contribution in [-0.4, -0.2) is 29.4 Å². The summed E-state index contributed by atoms with van der Waals surface area (Å²) in [7, 11) is -3.25. The van der Waals surface area contributed by atoms with Crippen molar-refractivity contribution in [2.75, 3.05) is 6.26 Å². The Bertz CT molecular complexity index is 969. The van der Waals surface area contributed by atoms with E-state index in [1.54, 1.807) is 29.1 Å². The monoisotopic (exact) mass is 351 g/mol. The Balaban J connectivity index is 1.97. The molecule has 5 nitrogen and oxygen atoms in total. The van der Waals surface area contributed by atoms with Gasteiger partial charge in [-0.05, 0) is 36.4 Å². The number of benzene rings is 1. The molecule has 0 aliphatic carbocycles. The molecule has 0 atom stereocenters. The van der Waals surface area contributed by atoms with Gasteiger partial charge in [0.15, 0.2) is 9.84 Å². The Hall–Kier alpha value is -2.25. The number of hydrogen-bond acceptors (Lipinski definition) is 4. The first kappa shape index (κ1) is 15.6. The van der Waals surface area contributed by atoms with Crippen molar-refractivity contribution in [1.82, 2.24) is 14.8 Å². The molecule has 0 aliphatic heterocycles. The van der Waals surface area contributed by atoms with Crippen molar-refractivity contribution in [3.8, 4) is 16.9 Å². The van der Waals surface area contributed by atoms with Gasteiger partial charge in [0.05, 0.1) is 22.5 Å². The zero-order valence-electron chi connectivity index (χ0n) is 11.9. The van der Waals surface area contributed by atoms with E-state index in [-0.39, 0.29) is 10.0 Å². The van der Waals surface area contributed by atoms with Gasteiger partial charge in [-0.25, -0.2) is 22.5 Å². The third-order valence-corrected chi connectivity index (χ3v) is 4.63. The van der Waals surface area contributed by atoms with Crippen LogP contribution in [0.5, 0.6) is 0 Å². The molecule has 0 radical (unpaired) electrons.